The summed E-state index contributed by atoms with van der Waals surface area (Å²) in [5.41, 5.74) is 2.60. The lowest BCUT2D eigenvalue weighted by Crippen LogP contribution is -2.41. The summed E-state index contributed by atoms with van der Waals surface area (Å²) in [7, 11) is 1.97. The zero-order valence-electron chi connectivity index (χ0n) is 12.8. The zero-order valence-corrected chi connectivity index (χ0v) is 13.5. The molecule has 2 unspecified atom stereocenters. The molecule has 0 aromatic heterocycles. The average molecular weight is 304 g/mol. The summed E-state index contributed by atoms with van der Waals surface area (Å²) in [5.74, 6) is 0.805. The Hall–Kier alpha value is -1.51. The molecule has 0 radical (unpaired) electrons. The van der Waals surface area contributed by atoms with E-state index in [1.165, 1.54) is 11.1 Å². The maximum absolute atomic E-state index is 6.00. The minimum absolute atomic E-state index is 0.0500. The number of rotatable bonds is 6. The molecule has 21 heavy (non-hydrogen) atoms. The molecule has 2 aromatic carbocycles. The van der Waals surface area contributed by atoms with Gasteiger partial charge in [0.25, 0.3) is 0 Å². The second kappa shape index (κ2) is 7.48. The predicted octanol–water partition coefficient (Wildman–Crippen LogP) is 4.25. The van der Waals surface area contributed by atoms with E-state index in [1.54, 1.807) is 0 Å². The van der Waals surface area contributed by atoms with Crippen molar-refractivity contribution in [2.75, 3.05) is 7.05 Å². The highest BCUT2D eigenvalue weighted by molar-refractivity contribution is 6.30. The van der Waals surface area contributed by atoms with Gasteiger partial charge in [-0.05, 0) is 51.1 Å². The summed E-state index contributed by atoms with van der Waals surface area (Å²) in [6.45, 7) is 4.20. The lowest BCUT2D eigenvalue weighted by molar-refractivity contribution is 0.174. The fraction of sp³-hybridized carbons (Fsp3) is 0.333. The molecular formula is C18H22ClNO. The molecule has 0 fully saturated rings. The van der Waals surface area contributed by atoms with Crippen LogP contribution in [-0.4, -0.2) is 19.2 Å². The molecule has 2 nitrogen and oxygen atoms in total. The van der Waals surface area contributed by atoms with E-state index >= 15 is 0 Å². The first-order valence-electron chi connectivity index (χ1n) is 7.23. The molecule has 0 amide bonds. The molecule has 0 spiro atoms. The second-order valence-corrected chi connectivity index (χ2v) is 5.81. The van der Waals surface area contributed by atoms with E-state index in [-0.39, 0.29) is 12.1 Å². The van der Waals surface area contributed by atoms with Crippen molar-refractivity contribution in [3.8, 4) is 5.75 Å². The molecule has 0 aliphatic heterocycles. The smallest absolute Gasteiger partial charge is 0.121 e. The fourth-order valence-electron chi connectivity index (χ4n) is 2.43. The lowest BCUT2D eigenvalue weighted by Gasteiger charge is -2.25. The van der Waals surface area contributed by atoms with Gasteiger partial charge in [-0.1, -0.05) is 47.5 Å². The Morgan fingerprint density at radius 3 is 2.57 bits per heavy atom. The Balaban J connectivity index is 2.03. The van der Waals surface area contributed by atoms with E-state index < -0.39 is 0 Å². The summed E-state index contributed by atoms with van der Waals surface area (Å²) >= 11 is 5.99. The topological polar surface area (TPSA) is 21.3 Å². The minimum Gasteiger partial charge on any atom is -0.489 e. The lowest BCUT2D eigenvalue weighted by atomic mass is 10.0. The maximum atomic E-state index is 6.00. The van der Waals surface area contributed by atoms with Crippen LogP contribution in [-0.2, 0) is 6.42 Å². The number of nitrogens with one attached hydrogen (secondary N) is 1. The van der Waals surface area contributed by atoms with Crippen LogP contribution in [0.4, 0.5) is 0 Å². The van der Waals surface area contributed by atoms with E-state index in [4.69, 9.17) is 16.3 Å². The molecule has 3 heteroatoms. The van der Waals surface area contributed by atoms with Gasteiger partial charge in [0, 0.05) is 11.1 Å². The Kier molecular flexibility index (Phi) is 5.66. The second-order valence-electron chi connectivity index (χ2n) is 5.37. The molecule has 0 saturated heterocycles. The van der Waals surface area contributed by atoms with Gasteiger partial charge in [-0.3, -0.25) is 0 Å². The van der Waals surface area contributed by atoms with Crippen molar-refractivity contribution in [2.24, 2.45) is 0 Å². The van der Waals surface area contributed by atoms with Crippen LogP contribution in [0, 0.1) is 6.92 Å². The van der Waals surface area contributed by atoms with Crippen LogP contribution in [0.25, 0.3) is 0 Å². The zero-order chi connectivity index (χ0) is 15.2. The number of benzene rings is 2. The Morgan fingerprint density at radius 1 is 1.14 bits per heavy atom. The summed E-state index contributed by atoms with van der Waals surface area (Å²) in [4.78, 5) is 0. The van der Waals surface area contributed by atoms with Crippen molar-refractivity contribution in [1.29, 1.82) is 0 Å². The monoisotopic (exact) mass is 303 g/mol. The highest BCUT2D eigenvalue weighted by atomic mass is 35.5. The van der Waals surface area contributed by atoms with Gasteiger partial charge in [-0.2, -0.15) is 0 Å². The van der Waals surface area contributed by atoms with Crippen LogP contribution >= 0.6 is 11.6 Å². The highest BCUT2D eigenvalue weighted by Crippen LogP contribution is 2.20. The van der Waals surface area contributed by atoms with E-state index in [0.717, 1.165) is 12.2 Å². The SMILES string of the molecule is CNC(Cc1cccc(C)c1)C(C)Oc1cccc(Cl)c1. The highest BCUT2D eigenvalue weighted by Gasteiger charge is 2.17. The number of hydrogen-bond acceptors (Lipinski definition) is 2. The van der Waals surface area contributed by atoms with Crippen molar-refractivity contribution < 1.29 is 4.74 Å². The van der Waals surface area contributed by atoms with E-state index in [9.17, 15) is 0 Å². The van der Waals surface area contributed by atoms with Crippen LogP contribution in [0.3, 0.4) is 0 Å². The summed E-state index contributed by atoms with van der Waals surface area (Å²) < 4.78 is 6.00. The molecule has 0 aliphatic carbocycles. The van der Waals surface area contributed by atoms with Crippen molar-refractivity contribution in [3.63, 3.8) is 0 Å². The quantitative estimate of drug-likeness (QED) is 0.861. The fourth-order valence-corrected chi connectivity index (χ4v) is 2.61. The van der Waals surface area contributed by atoms with Gasteiger partial charge in [-0.15, -0.1) is 0 Å². The first kappa shape index (κ1) is 15.9. The van der Waals surface area contributed by atoms with Gasteiger partial charge in [0.1, 0.15) is 11.9 Å². The van der Waals surface area contributed by atoms with Crippen molar-refractivity contribution >= 4 is 11.6 Å². The molecule has 0 heterocycles. The van der Waals surface area contributed by atoms with Gasteiger partial charge in [0.05, 0.1) is 0 Å². The number of halogens is 1. The van der Waals surface area contributed by atoms with Gasteiger partial charge >= 0.3 is 0 Å². The maximum Gasteiger partial charge on any atom is 0.121 e. The van der Waals surface area contributed by atoms with Crippen LogP contribution in [0.15, 0.2) is 48.5 Å². The first-order valence-corrected chi connectivity index (χ1v) is 7.61. The Morgan fingerprint density at radius 2 is 1.90 bits per heavy atom. The largest absolute Gasteiger partial charge is 0.489 e. The number of aryl methyl sites for hydroxylation is 1. The van der Waals surface area contributed by atoms with Crippen LogP contribution in [0.5, 0.6) is 5.75 Å². The van der Waals surface area contributed by atoms with Crippen molar-refractivity contribution in [1.82, 2.24) is 5.32 Å². The Labute approximate surface area is 132 Å². The van der Waals surface area contributed by atoms with Crippen LogP contribution < -0.4 is 10.1 Å². The standard InChI is InChI=1S/C18H22ClNO/c1-13-6-4-7-15(10-13)11-18(20-3)14(2)21-17-9-5-8-16(19)12-17/h4-10,12,14,18,20H,11H2,1-3H3. The average Bonchev–Trinajstić information content (AvgIpc) is 2.44. The molecule has 0 aliphatic rings. The number of ether oxygens (including phenoxy) is 1. The summed E-state index contributed by atoms with van der Waals surface area (Å²) in [6.07, 6.45) is 0.980. The van der Waals surface area contributed by atoms with Crippen molar-refractivity contribution in [2.45, 2.75) is 32.4 Å². The van der Waals surface area contributed by atoms with Gasteiger partial charge in [-0.25, -0.2) is 0 Å². The van der Waals surface area contributed by atoms with E-state index in [0.29, 0.717) is 5.02 Å². The first-order chi connectivity index (χ1) is 10.1. The third-order valence-corrected chi connectivity index (χ3v) is 3.83. The minimum atomic E-state index is 0.0500. The predicted molar refractivity (Wildman–Crippen MR) is 89.3 cm³/mol. The van der Waals surface area contributed by atoms with Gasteiger partial charge < -0.3 is 10.1 Å². The number of hydrogen-bond donors (Lipinski definition) is 1. The molecule has 2 aromatic rings. The van der Waals surface area contributed by atoms with E-state index in [2.05, 4.69) is 43.4 Å². The molecule has 2 atom stereocenters. The third kappa shape index (κ3) is 4.76. The summed E-state index contributed by atoms with van der Waals surface area (Å²) in [6, 6.07) is 16.4. The molecular weight excluding hydrogens is 282 g/mol. The van der Waals surface area contributed by atoms with Crippen LogP contribution in [0.1, 0.15) is 18.1 Å². The molecule has 2 rings (SSSR count). The molecule has 112 valence electrons. The molecule has 1 N–H and O–H groups in total. The summed E-state index contributed by atoms with van der Waals surface area (Å²) in [5, 5.41) is 4.04. The molecule has 0 bridgehead atoms. The van der Waals surface area contributed by atoms with Gasteiger partial charge in [0.15, 0.2) is 0 Å². The normalized spacial score (nSPS) is 13.7. The molecule has 0 saturated carbocycles. The van der Waals surface area contributed by atoms with Gasteiger partial charge in [0.2, 0.25) is 0 Å². The Bertz CT molecular complexity index is 585. The third-order valence-electron chi connectivity index (χ3n) is 3.59. The van der Waals surface area contributed by atoms with Crippen molar-refractivity contribution in [3.05, 3.63) is 64.7 Å². The number of likely N-dealkylation sites (N-methyl/N-ethyl adjacent to an activating group) is 1. The van der Waals surface area contributed by atoms with E-state index in [1.807, 2.05) is 31.3 Å². The van der Waals surface area contributed by atoms with Crippen LogP contribution in [0.2, 0.25) is 5.02 Å².